The number of aliphatic hydroxyl groups is 1. The first-order valence-electron chi connectivity index (χ1n) is 5.23. The van der Waals surface area contributed by atoms with E-state index in [9.17, 15) is 9.90 Å². The standard InChI is InChI=1S/C10H17NO2/c12-9(7-1-2-7)5-6-11-10(13)8-3-4-8/h7-9,12H,1-6H2,(H,11,13)/t9-/m0/s1. The number of hydrogen-bond acceptors (Lipinski definition) is 2. The molecule has 2 aliphatic rings. The van der Waals surface area contributed by atoms with E-state index >= 15 is 0 Å². The molecule has 0 aromatic carbocycles. The van der Waals surface area contributed by atoms with Gasteiger partial charge in [-0.3, -0.25) is 4.79 Å². The van der Waals surface area contributed by atoms with Crippen LogP contribution in [0.1, 0.15) is 32.1 Å². The highest BCUT2D eigenvalue weighted by molar-refractivity contribution is 5.80. The van der Waals surface area contributed by atoms with Crippen molar-refractivity contribution in [3.05, 3.63) is 0 Å². The quantitative estimate of drug-likeness (QED) is 0.658. The number of hydrogen-bond donors (Lipinski definition) is 2. The maximum atomic E-state index is 11.2. The van der Waals surface area contributed by atoms with Crippen molar-refractivity contribution >= 4 is 5.91 Å². The lowest BCUT2D eigenvalue weighted by atomic mass is 10.1. The molecule has 2 saturated carbocycles. The van der Waals surface area contributed by atoms with Gasteiger partial charge in [-0.05, 0) is 38.0 Å². The number of nitrogens with one attached hydrogen (secondary N) is 1. The molecule has 0 radical (unpaired) electrons. The van der Waals surface area contributed by atoms with E-state index in [0.717, 1.165) is 32.1 Å². The fraction of sp³-hybridized carbons (Fsp3) is 0.900. The van der Waals surface area contributed by atoms with Gasteiger partial charge in [-0.25, -0.2) is 0 Å². The van der Waals surface area contributed by atoms with Crippen LogP contribution >= 0.6 is 0 Å². The van der Waals surface area contributed by atoms with E-state index in [1.807, 2.05) is 0 Å². The average Bonchev–Trinajstić information content (AvgIpc) is 2.95. The third-order valence-corrected chi connectivity index (χ3v) is 2.85. The summed E-state index contributed by atoms with van der Waals surface area (Å²) in [4.78, 5) is 11.2. The first kappa shape index (κ1) is 9.00. The van der Waals surface area contributed by atoms with Gasteiger partial charge in [0, 0.05) is 12.5 Å². The maximum absolute atomic E-state index is 11.2. The summed E-state index contributed by atoms with van der Waals surface area (Å²) < 4.78 is 0. The van der Waals surface area contributed by atoms with Crippen molar-refractivity contribution in [2.45, 2.75) is 38.2 Å². The smallest absolute Gasteiger partial charge is 0.223 e. The fourth-order valence-electron chi connectivity index (χ4n) is 1.55. The summed E-state index contributed by atoms with van der Waals surface area (Å²) in [5.41, 5.74) is 0. The number of carbonyl (C=O) groups is 1. The van der Waals surface area contributed by atoms with Crippen LogP contribution in [-0.2, 0) is 4.79 Å². The zero-order chi connectivity index (χ0) is 9.26. The average molecular weight is 183 g/mol. The van der Waals surface area contributed by atoms with Crippen molar-refractivity contribution in [2.75, 3.05) is 6.54 Å². The molecule has 0 spiro atoms. The van der Waals surface area contributed by atoms with E-state index in [4.69, 9.17) is 0 Å². The monoisotopic (exact) mass is 183 g/mol. The molecule has 2 rings (SSSR count). The van der Waals surface area contributed by atoms with Crippen LogP contribution in [0.5, 0.6) is 0 Å². The van der Waals surface area contributed by atoms with Gasteiger partial charge < -0.3 is 10.4 Å². The molecule has 0 saturated heterocycles. The molecule has 74 valence electrons. The molecule has 3 nitrogen and oxygen atoms in total. The zero-order valence-corrected chi connectivity index (χ0v) is 7.83. The van der Waals surface area contributed by atoms with Gasteiger partial charge in [0.25, 0.3) is 0 Å². The second kappa shape index (κ2) is 3.66. The third kappa shape index (κ3) is 2.69. The molecule has 0 aromatic heterocycles. The number of carbonyl (C=O) groups excluding carboxylic acids is 1. The van der Waals surface area contributed by atoms with Gasteiger partial charge in [0.05, 0.1) is 6.10 Å². The Kier molecular flexibility index (Phi) is 2.54. The number of amides is 1. The van der Waals surface area contributed by atoms with Crippen molar-refractivity contribution in [3.63, 3.8) is 0 Å². The largest absolute Gasteiger partial charge is 0.393 e. The minimum absolute atomic E-state index is 0.181. The summed E-state index contributed by atoms with van der Waals surface area (Å²) in [5.74, 6) is 0.999. The lowest BCUT2D eigenvalue weighted by Gasteiger charge is -2.09. The Morgan fingerprint density at radius 3 is 2.62 bits per heavy atom. The predicted octanol–water partition coefficient (Wildman–Crippen LogP) is 0.674. The summed E-state index contributed by atoms with van der Waals surface area (Å²) in [7, 11) is 0. The molecule has 2 N–H and O–H groups in total. The highest BCUT2D eigenvalue weighted by Crippen LogP contribution is 2.33. The minimum Gasteiger partial charge on any atom is -0.393 e. The summed E-state index contributed by atoms with van der Waals surface area (Å²) in [5, 5.41) is 12.4. The van der Waals surface area contributed by atoms with E-state index in [2.05, 4.69) is 5.32 Å². The third-order valence-electron chi connectivity index (χ3n) is 2.85. The van der Waals surface area contributed by atoms with Crippen molar-refractivity contribution in [3.8, 4) is 0 Å². The second-order valence-electron chi connectivity index (χ2n) is 4.26. The lowest BCUT2D eigenvalue weighted by molar-refractivity contribution is -0.122. The van der Waals surface area contributed by atoms with Crippen LogP contribution < -0.4 is 5.32 Å². The topological polar surface area (TPSA) is 49.3 Å². The van der Waals surface area contributed by atoms with Gasteiger partial charge >= 0.3 is 0 Å². The highest BCUT2D eigenvalue weighted by atomic mass is 16.3. The van der Waals surface area contributed by atoms with Crippen molar-refractivity contribution in [2.24, 2.45) is 11.8 Å². The van der Waals surface area contributed by atoms with Gasteiger partial charge in [-0.15, -0.1) is 0 Å². The van der Waals surface area contributed by atoms with Gasteiger partial charge in [-0.2, -0.15) is 0 Å². The molecular formula is C10H17NO2. The SMILES string of the molecule is O=C(NCC[C@H](O)C1CC1)C1CC1. The molecule has 1 amide bonds. The summed E-state index contributed by atoms with van der Waals surface area (Å²) in [6.07, 6.45) is 4.98. The molecular weight excluding hydrogens is 166 g/mol. The first-order chi connectivity index (χ1) is 6.27. The molecule has 1 atom stereocenters. The molecule has 0 heterocycles. The van der Waals surface area contributed by atoms with Gasteiger partial charge in [-0.1, -0.05) is 0 Å². The Balaban J connectivity index is 1.54. The fourth-order valence-corrected chi connectivity index (χ4v) is 1.55. The summed E-state index contributed by atoms with van der Waals surface area (Å²) in [6.45, 7) is 0.646. The Morgan fingerprint density at radius 2 is 2.08 bits per heavy atom. The minimum atomic E-state index is -0.181. The van der Waals surface area contributed by atoms with Crippen molar-refractivity contribution in [1.82, 2.24) is 5.32 Å². The van der Waals surface area contributed by atoms with Gasteiger partial charge in [0.15, 0.2) is 0 Å². The molecule has 13 heavy (non-hydrogen) atoms. The first-order valence-corrected chi connectivity index (χ1v) is 5.23. The predicted molar refractivity (Wildman–Crippen MR) is 49.1 cm³/mol. The molecule has 0 unspecified atom stereocenters. The molecule has 0 aliphatic heterocycles. The van der Waals surface area contributed by atoms with Crippen LogP contribution in [0.4, 0.5) is 0 Å². The van der Waals surface area contributed by atoms with Crippen LogP contribution in [0, 0.1) is 11.8 Å². The van der Waals surface area contributed by atoms with Crippen LogP contribution in [-0.4, -0.2) is 23.7 Å². The Bertz CT molecular complexity index is 197. The van der Waals surface area contributed by atoms with Crippen LogP contribution in [0.2, 0.25) is 0 Å². The summed E-state index contributed by atoms with van der Waals surface area (Å²) in [6, 6.07) is 0. The summed E-state index contributed by atoms with van der Waals surface area (Å²) >= 11 is 0. The Hall–Kier alpha value is -0.570. The maximum Gasteiger partial charge on any atom is 0.223 e. The number of rotatable bonds is 5. The molecule has 0 bridgehead atoms. The zero-order valence-electron chi connectivity index (χ0n) is 7.83. The van der Waals surface area contributed by atoms with Gasteiger partial charge in [0.1, 0.15) is 0 Å². The molecule has 2 aliphatic carbocycles. The van der Waals surface area contributed by atoms with Crippen molar-refractivity contribution in [1.29, 1.82) is 0 Å². The van der Waals surface area contributed by atoms with Crippen LogP contribution in [0.15, 0.2) is 0 Å². The molecule has 2 fully saturated rings. The second-order valence-corrected chi connectivity index (χ2v) is 4.26. The molecule has 3 heteroatoms. The van der Waals surface area contributed by atoms with E-state index in [1.165, 1.54) is 0 Å². The highest BCUT2D eigenvalue weighted by Gasteiger charge is 2.31. The van der Waals surface area contributed by atoms with Crippen molar-refractivity contribution < 1.29 is 9.90 Å². The Morgan fingerprint density at radius 1 is 1.38 bits per heavy atom. The lowest BCUT2D eigenvalue weighted by Crippen LogP contribution is -2.28. The van der Waals surface area contributed by atoms with E-state index < -0.39 is 0 Å². The van der Waals surface area contributed by atoms with E-state index in [1.54, 1.807) is 0 Å². The molecule has 0 aromatic rings. The van der Waals surface area contributed by atoms with Crippen LogP contribution in [0.3, 0.4) is 0 Å². The Labute approximate surface area is 78.5 Å². The van der Waals surface area contributed by atoms with E-state index in [-0.39, 0.29) is 17.9 Å². The normalized spacial score (nSPS) is 24.1. The number of aliphatic hydroxyl groups excluding tert-OH is 1. The van der Waals surface area contributed by atoms with E-state index in [0.29, 0.717) is 12.5 Å². The van der Waals surface area contributed by atoms with Gasteiger partial charge in [0.2, 0.25) is 5.91 Å². The van der Waals surface area contributed by atoms with Crippen LogP contribution in [0.25, 0.3) is 0 Å².